The highest BCUT2D eigenvalue weighted by Crippen LogP contribution is 2.11. The van der Waals surface area contributed by atoms with Gasteiger partial charge < -0.3 is 5.11 Å². The van der Waals surface area contributed by atoms with Gasteiger partial charge in [0.1, 0.15) is 0 Å². The van der Waals surface area contributed by atoms with Gasteiger partial charge in [-0.15, -0.1) is 0 Å². The first-order valence-electron chi connectivity index (χ1n) is 4.31. The van der Waals surface area contributed by atoms with Crippen LogP contribution in [0.15, 0.2) is 24.3 Å². The number of ketones is 1. The van der Waals surface area contributed by atoms with Gasteiger partial charge in [-0.25, -0.2) is 4.79 Å². The first kappa shape index (κ1) is 10.4. The van der Waals surface area contributed by atoms with Crippen LogP contribution in [-0.4, -0.2) is 16.9 Å². The lowest BCUT2D eigenvalue weighted by atomic mass is 10.0. The zero-order valence-electron chi connectivity index (χ0n) is 7.69. The topological polar surface area (TPSA) is 54.4 Å². The maximum absolute atomic E-state index is 11.5. The molecule has 73 valence electrons. The molecule has 0 aliphatic heterocycles. The van der Waals surface area contributed by atoms with Crippen LogP contribution >= 0.6 is 0 Å². The number of aromatic carboxylic acids is 1. The summed E-state index contributed by atoms with van der Waals surface area (Å²) in [5.41, 5.74) is 0.328. The van der Waals surface area contributed by atoms with Gasteiger partial charge in [0.15, 0.2) is 5.78 Å². The predicted molar refractivity (Wildman–Crippen MR) is 52.3 cm³/mol. The summed E-state index contributed by atoms with van der Waals surface area (Å²) >= 11 is 0. The fourth-order valence-corrected chi connectivity index (χ4v) is 1.21. The van der Waals surface area contributed by atoms with Crippen molar-refractivity contribution < 1.29 is 14.7 Å². The fourth-order valence-electron chi connectivity index (χ4n) is 1.21. The smallest absolute Gasteiger partial charge is 0.336 e. The Kier molecular flexibility index (Phi) is 3.40. The maximum atomic E-state index is 11.5. The molecule has 0 fully saturated rings. The van der Waals surface area contributed by atoms with E-state index in [1.807, 2.05) is 0 Å². The van der Waals surface area contributed by atoms with E-state index in [-0.39, 0.29) is 23.3 Å². The van der Waals surface area contributed by atoms with Gasteiger partial charge >= 0.3 is 5.97 Å². The Hall–Kier alpha value is -1.64. The average Bonchev–Trinajstić information content (AvgIpc) is 2.18. The number of hydrogen-bond donors (Lipinski definition) is 1. The fraction of sp³-hybridized carbons (Fsp3) is 0.182. The van der Waals surface area contributed by atoms with Crippen molar-refractivity contribution in [3.05, 3.63) is 42.3 Å². The molecule has 1 aromatic carbocycles. The second-order valence-electron chi connectivity index (χ2n) is 2.88. The van der Waals surface area contributed by atoms with Crippen molar-refractivity contribution in [2.24, 2.45) is 0 Å². The van der Waals surface area contributed by atoms with Gasteiger partial charge in [0, 0.05) is 12.0 Å². The third-order valence-electron chi connectivity index (χ3n) is 1.86. The highest BCUT2D eigenvalue weighted by atomic mass is 16.4. The Labute approximate surface area is 82.4 Å². The van der Waals surface area contributed by atoms with Crippen molar-refractivity contribution in [3.8, 4) is 0 Å². The summed E-state index contributed by atoms with van der Waals surface area (Å²) in [6.45, 7) is 3.56. The van der Waals surface area contributed by atoms with E-state index in [1.165, 1.54) is 12.1 Å². The predicted octanol–water partition coefficient (Wildman–Crippen LogP) is 2.18. The minimum atomic E-state index is -1.07. The van der Waals surface area contributed by atoms with Crippen LogP contribution in [0.2, 0.25) is 0 Å². The van der Waals surface area contributed by atoms with Crippen LogP contribution in [0.5, 0.6) is 0 Å². The van der Waals surface area contributed by atoms with E-state index in [0.29, 0.717) is 6.42 Å². The first-order chi connectivity index (χ1) is 6.66. The summed E-state index contributed by atoms with van der Waals surface area (Å²) in [6, 6.07) is 6.22. The van der Waals surface area contributed by atoms with Gasteiger partial charge in [-0.05, 0) is 12.5 Å². The lowest BCUT2D eigenvalue weighted by molar-refractivity contribution is 0.0692. The van der Waals surface area contributed by atoms with Crippen molar-refractivity contribution in [2.45, 2.75) is 12.8 Å². The number of carbonyl (C=O) groups is 2. The van der Waals surface area contributed by atoms with Crippen LogP contribution < -0.4 is 0 Å². The zero-order chi connectivity index (χ0) is 10.6. The molecular weight excluding hydrogens is 180 g/mol. The minimum Gasteiger partial charge on any atom is -0.478 e. The maximum Gasteiger partial charge on any atom is 0.336 e. The van der Waals surface area contributed by atoms with Crippen molar-refractivity contribution in [2.75, 3.05) is 0 Å². The van der Waals surface area contributed by atoms with E-state index in [4.69, 9.17) is 5.11 Å². The van der Waals surface area contributed by atoms with Crippen LogP contribution in [0.1, 0.15) is 33.6 Å². The number of Topliss-reactive ketones (excluding diaryl/α,β-unsaturated/α-hetero) is 1. The Morgan fingerprint density at radius 2 is 1.79 bits per heavy atom. The van der Waals surface area contributed by atoms with Crippen LogP contribution in [0.4, 0.5) is 0 Å². The number of benzene rings is 1. The number of carboxylic acids is 1. The second kappa shape index (κ2) is 4.56. The monoisotopic (exact) mass is 191 g/mol. The molecule has 3 heteroatoms. The van der Waals surface area contributed by atoms with Crippen molar-refractivity contribution in [3.63, 3.8) is 0 Å². The molecule has 3 nitrogen and oxygen atoms in total. The summed E-state index contributed by atoms with van der Waals surface area (Å²) in [4.78, 5) is 22.2. The molecule has 0 amide bonds. The molecule has 0 unspecified atom stereocenters. The molecule has 0 heterocycles. The molecule has 0 saturated heterocycles. The van der Waals surface area contributed by atoms with E-state index < -0.39 is 5.97 Å². The number of hydrogen-bond acceptors (Lipinski definition) is 2. The SMILES string of the molecule is [CH2]CCC(=O)c1ccccc1C(=O)O. The van der Waals surface area contributed by atoms with Crippen molar-refractivity contribution in [1.82, 2.24) is 0 Å². The second-order valence-corrected chi connectivity index (χ2v) is 2.88. The van der Waals surface area contributed by atoms with Crippen molar-refractivity contribution >= 4 is 11.8 Å². The lowest BCUT2D eigenvalue weighted by Crippen LogP contribution is -2.07. The third-order valence-corrected chi connectivity index (χ3v) is 1.86. The van der Waals surface area contributed by atoms with Gasteiger partial charge in [-0.2, -0.15) is 0 Å². The molecule has 0 spiro atoms. The van der Waals surface area contributed by atoms with Crippen LogP contribution in [-0.2, 0) is 0 Å². The number of rotatable bonds is 4. The van der Waals surface area contributed by atoms with Crippen LogP contribution in [0, 0.1) is 6.92 Å². The summed E-state index contributed by atoms with van der Waals surface area (Å²) in [7, 11) is 0. The summed E-state index contributed by atoms with van der Waals surface area (Å²) in [6.07, 6.45) is 0.761. The molecule has 0 aromatic heterocycles. The Morgan fingerprint density at radius 3 is 2.29 bits per heavy atom. The molecule has 14 heavy (non-hydrogen) atoms. The summed E-state index contributed by atoms with van der Waals surface area (Å²) < 4.78 is 0. The Morgan fingerprint density at radius 1 is 1.21 bits per heavy atom. The van der Waals surface area contributed by atoms with Gasteiger partial charge in [-0.3, -0.25) is 4.79 Å². The van der Waals surface area contributed by atoms with Gasteiger partial charge in [-0.1, -0.05) is 25.1 Å². The van der Waals surface area contributed by atoms with Gasteiger partial charge in [0.05, 0.1) is 5.56 Å². The molecule has 1 radical (unpaired) electrons. The lowest BCUT2D eigenvalue weighted by Gasteiger charge is -2.02. The Balaban J connectivity index is 3.07. The molecule has 0 atom stereocenters. The van der Waals surface area contributed by atoms with E-state index >= 15 is 0 Å². The largest absolute Gasteiger partial charge is 0.478 e. The molecule has 0 saturated carbocycles. The number of carbonyl (C=O) groups excluding carboxylic acids is 1. The van der Waals surface area contributed by atoms with Crippen molar-refractivity contribution in [1.29, 1.82) is 0 Å². The quantitative estimate of drug-likeness (QED) is 0.742. The molecular formula is C11H11O3. The molecule has 0 aliphatic rings. The standard InChI is InChI=1S/C11H11O3/c1-2-5-10(12)8-6-3-4-7-9(8)11(13)14/h3-4,6-7H,1-2,5H2,(H,13,14). The number of carboxylic acid groups (broad SMARTS) is 1. The molecule has 1 N–H and O–H groups in total. The molecule has 0 aliphatic carbocycles. The molecule has 1 aromatic rings. The summed E-state index contributed by atoms with van der Waals surface area (Å²) in [5, 5.41) is 8.81. The zero-order valence-corrected chi connectivity index (χ0v) is 7.69. The Bertz CT molecular complexity index is 355. The van der Waals surface area contributed by atoms with E-state index in [2.05, 4.69) is 6.92 Å². The van der Waals surface area contributed by atoms with Gasteiger partial charge in [0.2, 0.25) is 0 Å². The third kappa shape index (κ3) is 2.19. The molecule has 1 rings (SSSR count). The van der Waals surface area contributed by atoms with E-state index in [0.717, 1.165) is 0 Å². The van der Waals surface area contributed by atoms with Crippen LogP contribution in [0.3, 0.4) is 0 Å². The normalized spacial score (nSPS) is 9.79. The van der Waals surface area contributed by atoms with E-state index in [9.17, 15) is 9.59 Å². The molecule has 0 bridgehead atoms. The highest BCUT2D eigenvalue weighted by molar-refractivity contribution is 6.05. The van der Waals surface area contributed by atoms with E-state index in [1.54, 1.807) is 12.1 Å². The van der Waals surface area contributed by atoms with Crippen LogP contribution in [0.25, 0.3) is 0 Å². The summed E-state index contributed by atoms with van der Waals surface area (Å²) in [5.74, 6) is -1.24. The van der Waals surface area contributed by atoms with Gasteiger partial charge in [0.25, 0.3) is 0 Å². The average molecular weight is 191 g/mol. The first-order valence-corrected chi connectivity index (χ1v) is 4.31. The highest BCUT2D eigenvalue weighted by Gasteiger charge is 2.14. The minimum absolute atomic E-state index is 0.0611.